The number of methoxy groups -OCH3 is 3. The molecule has 0 rings (SSSR count). The normalized spacial score (nSPS) is 13.4. The molecule has 1 unspecified atom stereocenters. The molecule has 24 heavy (non-hydrogen) atoms. The van der Waals surface area contributed by atoms with E-state index in [0.717, 1.165) is 12.8 Å². The van der Waals surface area contributed by atoms with Gasteiger partial charge in [0.2, 0.25) is 0 Å². The van der Waals surface area contributed by atoms with E-state index in [4.69, 9.17) is 32.2 Å². The highest BCUT2D eigenvalue weighted by Gasteiger charge is 2.40. The van der Waals surface area contributed by atoms with E-state index in [1.165, 1.54) is 0 Å². The van der Waals surface area contributed by atoms with Crippen LogP contribution in [0.25, 0.3) is 0 Å². The third-order valence-corrected chi connectivity index (χ3v) is 6.33. The van der Waals surface area contributed by atoms with E-state index >= 15 is 0 Å². The van der Waals surface area contributed by atoms with Gasteiger partial charge < -0.3 is 32.2 Å². The third-order valence-electron chi connectivity index (χ3n) is 3.43. The molecule has 7 nitrogen and oxygen atoms in total. The zero-order valence-electron chi connectivity index (χ0n) is 16.0. The lowest BCUT2D eigenvalue weighted by atomic mass is 10.3. The molecule has 0 aliphatic rings. The molecule has 0 aromatic heterocycles. The van der Waals surface area contributed by atoms with E-state index < -0.39 is 8.80 Å². The standard InChI is InChI=1S/C16H36O7Si/c1-6-16(2)20-8-7-15-24(21-12-9-17-3,22-13-10-18-4)23-14-11-19-5/h16H,6-15H2,1-5H3. The molecule has 0 spiro atoms. The molecule has 1 atom stereocenters. The Morgan fingerprint density at radius 1 is 0.708 bits per heavy atom. The molecule has 0 amide bonds. The van der Waals surface area contributed by atoms with Crippen LogP contribution in [0.2, 0.25) is 6.04 Å². The third kappa shape index (κ3) is 12.3. The molecule has 0 aliphatic heterocycles. The van der Waals surface area contributed by atoms with E-state index in [-0.39, 0.29) is 6.10 Å². The summed E-state index contributed by atoms with van der Waals surface area (Å²) in [5, 5.41) is 0. The minimum absolute atomic E-state index is 0.263. The minimum atomic E-state index is -2.81. The summed E-state index contributed by atoms with van der Waals surface area (Å²) in [4.78, 5) is 0. The fraction of sp³-hybridized carbons (Fsp3) is 1.00. The summed E-state index contributed by atoms with van der Waals surface area (Å²) >= 11 is 0. The summed E-state index contributed by atoms with van der Waals surface area (Å²) in [7, 11) is 2.12. The van der Waals surface area contributed by atoms with E-state index in [0.29, 0.717) is 52.3 Å². The average molecular weight is 369 g/mol. The summed E-state index contributed by atoms with van der Waals surface area (Å²) in [5.41, 5.74) is 0. The molecular formula is C16H36O7Si. The molecule has 0 saturated heterocycles. The monoisotopic (exact) mass is 368 g/mol. The van der Waals surface area contributed by atoms with Crippen molar-refractivity contribution in [1.82, 2.24) is 0 Å². The molecular weight excluding hydrogens is 332 g/mol. The SMILES string of the molecule is CCC(C)OCCC[Si](OCCOC)(OCCOC)OCCOC. The fourth-order valence-corrected chi connectivity index (χ4v) is 4.32. The lowest BCUT2D eigenvalue weighted by molar-refractivity contribution is 0.0107. The summed E-state index contributed by atoms with van der Waals surface area (Å²) < 4.78 is 39.0. The second-order valence-electron chi connectivity index (χ2n) is 5.40. The quantitative estimate of drug-likeness (QED) is 0.271. The van der Waals surface area contributed by atoms with E-state index in [1.54, 1.807) is 21.3 Å². The van der Waals surface area contributed by atoms with Crippen molar-refractivity contribution in [2.24, 2.45) is 0 Å². The van der Waals surface area contributed by atoms with Gasteiger partial charge in [0, 0.05) is 34.0 Å². The van der Waals surface area contributed by atoms with Gasteiger partial charge >= 0.3 is 8.80 Å². The first-order valence-corrected chi connectivity index (χ1v) is 10.6. The molecule has 146 valence electrons. The van der Waals surface area contributed by atoms with Crippen molar-refractivity contribution >= 4 is 8.80 Å². The highest BCUT2D eigenvalue weighted by molar-refractivity contribution is 6.60. The molecule has 0 aromatic carbocycles. The van der Waals surface area contributed by atoms with Gasteiger partial charge in [-0.2, -0.15) is 0 Å². The Bertz CT molecular complexity index is 242. The molecule has 8 heteroatoms. The number of hydrogen-bond acceptors (Lipinski definition) is 7. The molecule has 0 heterocycles. The van der Waals surface area contributed by atoms with Crippen LogP contribution in [0, 0.1) is 0 Å². The molecule has 0 bridgehead atoms. The molecule has 0 aliphatic carbocycles. The predicted octanol–water partition coefficient (Wildman–Crippen LogP) is 2.12. The Morgan fingerprint density at radius 3 is 1.54 bits per heavy atom. The largest absolute Gasteiger partial charge is 0.501 e. The molecule has 0 radical (unpaired) electrons. The molecule has 0 aromatic rings. The van der Waals surface area contributed by atoms with Crippen LogP contribution in [0.1, 0.15) is 26.7 Å². The van der Waals surface area contributed by atoms with Gasteiger partial charge in [-0.15, -0.1) is 0 Å². The van der Waals surface area contributed by atoms with E-state index in [2.05, 4.69) is 13.8 Å². The highest BCUT2D eigenvalue weighted by Crippen LogP contribution is 2.19. The van der Waals surface area contributed by atoms with Gasteiger partial charge in [0.1, 0.15) is 0 Å². The van der Waals surface area contributed by atoms with Gasteiger partial charge in [0.05, 0.1) is 45.7 Å². The smallest absolute Gasteiger partial charge is 0.382 e. The van der Waals surface area contributed by atoms with Crippen molar-refractivity contribution in [2.45, 2.75) is 38.8 Å². The second-order valence-corrected chi connectivity index (χ2v) is 8.13. The van der Waals surface area contributed by atoms with Crippen molar-refractivity contribution in [3.8, 4) is 0 Å². The van der Waals surface area contributed by atoms with Crippen LogP contribution < -0.4 is 0 Å². The Hall–Kier alpha value is -0.0631. The first-order chi connectivity index (χ1) is 11.6. The Labute approximate surface area is 148 Å². The minimum Gasteiger partial charge on any atom is -0.382 e. The summed E-state index contributed by atoms with van der Waals surface area (Å²) in [6.07, 6.45) is 2.09. The Balaban J connectivity index is 4.59. The van der Waals surface area contributed by atoms with Crippen LogP contribution in [0.3, 0.4) is 0 Å². The van der Waals surface area contributed by atoms with Crippen molar-refractivity contribution < 1.29 is 32.2 Å². The van der Waals surface area contributed by atoms with Crippen LogP contribution in [0.15, 0.2) is 0 Å². The highest BCUT2D eigenvalue weighted by atomic mass is 28.4. The van der Waals surface area contributed by atoms with Gasteiger partial charge in [0.25, 0.3) is 0 Å². The average Bonchev–Trinajstić information content (AvgIpc) is 2.59. The van der Waals surface area contributed by atoms with Crippen LogP contribution >= 0.6 is 0 Å². The Morgan fingerprint density at radius 2 is 1.17 bits per heavy atom. The van der Waals surface area contributed by atoms with Crippen LogP contribution in [-0.4, -0.2) is 82.5 Å². The zero-order valence-corrected chi connectivity index (χ0v) is 17.0. The predicted molar refractivity (Wildman–Crippen MR) is 94.4 cm³/mol. The first kappa shape index (κ1) is 23.9. The maximum atomic E-state index is 6.00. The number of hydrogen-bond donors (Lipinski definition) is 0. The topological polar surface area (TPSA) is 64.6 Å². The van der Waals surface area contributed by atoms with Crippen molar-refractivity contribution in [1.29, 1.82) is 0 Å². The van der Waals surface area contributed by atoms with Crippen LogP contribution in [-0.2, 0) is 32.2 Å². The fourth-order valence-electron chi connectivity index (χ4n) is 1.87. The van der Waals surface area contributed by atoms with Crippen molar-refractivity contribution in [3.63, 3.8) is 0 Å². The van der Waals surface area contributed by atoms with Crippen molar-refractivity contribution in [3.05, 3.63) is 0 Å². The van der Waals surface area contributed by atoms with Gasteiger partial charge in [0.15, 0.2) is 0 Å². The zero-order chi connectivity index (χ0) is 18.1. The van der Waals surface area contributed by atoms with Crippen molar-refractivity contribution in [2.75, 3.05) is 67.6 Å². The van der Waals surface area contributed by atoms with Gasteiger partial charge in [-0.1, -0.05) is 6.92 Å². The summed E-state index contributed by atoms with van der Waals surface area (Å²) in [6.45, 7) is 7.67. The van der Waals surface area contributed by atoms with Gasteiger partial charge in [-0.25, -0.2) is 0 Å². The lowest BCUT2D eigenvalue weighted by Crippen LogP contribution is -2.48. The number of ether oxygens (including phenoxy) is 4. The van der Waals surface area contributed by atoms with Gasteiger partial charge in [-0.05, 0) is 19.8 Å². The molecule has 0 fully saturated rings. The lowest BCUT2D eigenvalue weighted by Gasteiger charge is -2.30. The summed E-state index contributed by atoms with van der Waals surface area (Å²) in [6, 6.07) is 0.695. The summed E-state index contributed by atoms with van der Waals surface area (Å²) in [5.74, 6) is 0. The van der Waals surface area contributed by atoms with E-state index in [9.17, 15) is 0 Å². The Kier molecular flexibility index (Phi) is 16.4. The van der Waals surface area contributed by atoms with Gasteiger partial charge in [-0.3, -0.25) is 0 Å². The maximum Gasteiger partial charge on any atom is 0.501 e. The van der Waals surface area contributed by atoms with Crippen LogP contribution in [0.4, 0.5) is 0 Å². The maximum absolute atomic E-state index is 6.00. The number of rotatable bonds is 18. The second kappa shape index (κ2) is 16.4. The molecule has 0 saturated carbocycles. The van der Waals surface area contributed by atoms with E-state index in [1.807, 2.05) is 0 Å². The van der Waals surface area contributed by atoms with Crippen LogP contribution in [0.5, 0.6) is 0 Å². The molecule has 0 N–H and O–H groups in total. The first-order valence-electron chi connectivity index (χ1n) is 8.64.